The molecule has 12 rings (SSSR count). The molecule has 25 heteroatoms. The van der Waals surface area contributed by atoms with E-state index in [0.717, 1.165) is 98.5 Å². The predicted molar refractivity (Wildman–Crippen MR) is 358 cm³/mol. The first-order valence-electron chi connectivity index (χ1n) is 30.9. The summed E-state index contributed by atoms with van der Waals surface area (Å²) in [6, 6.07) is 25.6. The van der Waals surface area contributed by atoms with Gasteiger partial charge in [-0.15, -0.1) is 0 Å². The van der Waals surface area contributed by atoms with E-state index in [-0.39, 0.29) is 70.3 Å². The van der Waals surface area contributed by atoms with Crippen LogP contribution < -0.4 is 9.80 Å². The zero-order valence-corrected chi connectivity index (χ0v) is 55.0. The van der Waals surface area contributed by atoms with Crippen molar-refractivity contribution in [1.29, 1.82) is 0 Å². The summed E-state index contributed by atoms with van der Waals surface area (Å²) >= 11 is 26.0. The number of aliphatic carboxylic acids is 1. The van der Waals surface area contributed by atoms with Crippen molar-refractivity contribution in [3.8, 4) is 22.5 Å². The number of ether oxygens (including phenoxy) is 3. The van der Waals surface area contributed by atoms with Crippen LogP contribution in [0.5, 0.6) is 0 Å². The zero-order chi connectivity index (χ0) is 64.5. The SMILES string of the molecule is C.C.CC(CCS(=O)(=O)CC(=O)c1ccc(N2C[C@@H]3C[C@H]2C[C@H]3OCc2c(-c3c(Cl)cccc3Cl)noc2C2CC2)cc1)OC(=O)CCC(=O)O.CC(O)CCS(=O)(=O)CC(=O)c1ccc(N2C[C@@H]3C[C@H]2C[C@H]3OCc2c(-c3c(Cl)cccc3Cl)noc2C2CC2)cc1. The number of aliphatic hydroxyl groups excluding tert-OH is 1. The third-order valence-corrected chi connectivity index (χ3v) is 22.5. The second-order valence-corrected chi connectivity index (χ2v) is 31.0. The van der Waals surface area contributed by atoms with Crippen LogP contribution in [0.3, 0.4) is 0 Å². The maximum Gasteiger partial charge on any atom is 0.306 e. The van der Waals surface area contributed by atoms with Gasteiger partial charge in [0.15, 0.2) is 31.2 Å². The van der Waals surface area contributed by atoms with Crippen LogP contribution in [0.25, 0.3) is 22.5 Å². The molecule has 0 amide bonds. The second-order valence-electron chi connectivity index (χ2n) is 25.0. The Balaban J connectivity index is 0.000000217. The highest BCUT2D eigenvalue weighted by Crippen LogP contribution is 2.50. The number of hydrogen-bond acceptors (Lipinski definition) is 18. The number of piperidine rings is 2. The molecule has 4 bridgehead atoms. The maximum atomic E-state index is 12.8. The number of halogens is 4. The molecular weight excluding hydrogens is 1320 g/mol. The molecule has 19 nitrogen and oxygen atoms in total. The first kappa shape index (κ1) is 71.4. The van der Waals surface area contributed by atoms with Crippen molar-refractivity contribution in [2.24, 2.45) is 11.8 Å². The minimum absolute atomic E-state index is 0. The Hall–Kier alpha value is -5.88. The predicted octanol–water partition coefficient (Wildman–Crippen LogP) is 13.8. The molecule has 0 radical (unpaired) electrons. The molecule has 4 aliphatic carbocycles. The lowest BCUT2D eigenvalue weighted by molar-refractivity contribution is -0.151. The van der Waals surface area contributed by atoms with Crippen LogP contribution in [0.1, 0.15) is 161 Å². The lowest BCUT2D eigenvalue weighted by Gasteiger charge is -2.33. The number of Topliss-reactive ketones (excluding diaryl/α,β-unsaturated/α-hetero) is 2. The lowest BCUT2D eigenvalue weighted by atomic mass is 10.0. The van der Waals surface area contributed by atoms with Crippen molar-refractivity contribution >= 4 is 101 Å². The van der Waals surface area contributed by atoms with Crippen LogP contribution in [0.4, 0.5) is 11.4 Å². The van der Waals surface area contributed by atoms with E-state index < -0.39 is 66.9 Å². The van der Waals surface area contributed by atoms with Gasteiger partial charge >= 0.3 is 11.9 Å². The smallest absolute Gasteiger partial charge is 0.306 e. The molecule has 2 saturated heterocycles. The first-order chi connectivity index (χ1) is 43.5. The quantitative estimate of drug-likeness (QED) is 0.0341. The third kappa shape index (κ3) is 17.4. The molecule has 2 aromatic heterocycles. The van der Waals surface area contributed by atoms with E-state index in [9.17, 15) is 41.1 Å². The number of sulfone groups is 2. The fourth-order valence-corrected chi connectivity index (χ4v) is 16.9. The topological polar surface area (TPSA) is 263 Å². The number of carbonyl (C=O) groups is 4. The Morgan fingerprint density at radius 3 is 1.34 bits per heavy atom. The Labute approximate surface area is 563 Å². The standard InChI is InChI=1S/C35H38Cl2N2O9S.C31H34Cl2N2O6S.2CH4/c1-20(47-32(43)12-11-31(41)42)13-14-49(44,45)19-29(40)21-7-9-24(10-8-21)39-17-23-15-25(39)16-30(23)46-18-26-34(38-48-35(26)22-5-6-22)33-27(36)3-2-4-28(33)37;1-18(36)11-12-42(38,39)17-27(37)19-7-9-22(10-8-19)35-15-21-13-23(35)14-28(21)40-16-24-30(34-41-31(24)20-5-6-20)29-25(32)3-2-4-26(29)33;;/h2-4,7-10,20,22-23,25,30H,5-6,11-19H2,1H3,(H,41,42);2-4,7-10,18,20-21,23,28,36H,5-6,11-17H2,1H3;2*1H4/t20?,23-,25-,30+;18?,21-,23-,28+;;/m00../s1. The van der Waals surface area contributed by atoms with Gasteiger partial charge in [-0.25, -0.2) is 16.8 Å². The number of esters is 1. The minimum Gasteiger partial charge on any atom is -0.481 e. The Morgan fingerprint density at radius 2 is 0.989 bits per heavy atom. The number of ketones is 2. The molecular formula is C68H80Cl4N4O15S2. The number of rotatable bonds is 28. The molecule has 6 aliphatic rings. The van der Waals surface area contributed by atoms with Crippen LogP contribution in [0.2, 0.25) is 20.1 Å². The molecule has 4 aromatic carbocycles. The molecule has 6 fully saturated rings. The first-order valence-corrected chi connectivity index (χ1v) is 36.0. The number of carboxylic acid groups (broad SMARTS) is 1. The van der Waals surface area contributed by atoms with Gasteiger partial charge in [0.1, 0.15) is 34.4 Å². The van der Waals surface area contributed by atoms with E-state index in [1.165, 1.54) is 13.8 Å². The normalized spacial score (nSPS) is 21.2. The molecule has 93 heavy (non-hydrogen) atoms. The number of aliphatic hydroxyl groups is 1. The van der Waals surface area contributed by atoms with Crippen molar-refractivity contribution in [2.45, 2.75) is 167 Å². The molecule has 2 aliphatic heterocycles. The fourth-order valence-electron chi connectivity index (χ4n) is 13.0. The summed E-state index contributed by atoms with van der Waals surface area (Å²) in [6.07, 6.45) is 6.21. The molecule has 2 N–H and O–H groups in total. The van der Waals surface area contributed by atoms with Crippen LogP contribution in [-0.2, 0) is 56.7 Å². The van der Waals surface area contributed by atoms with Gasteiger partial charge in [0.05, 0.1) is 82.1 Å². The summed E-state index contributed by atoms with van der Waals surface area (Å²) in [7, 11) is -7.32. The second kappa shape index (κ2) is 30.5. The van der Waals surface area contributed by atoms with Crippen molar-refractivity contribution in [2.75, 3.05) is 45.9 Å². The van der Waals surface area contributed by atoms with Gasteiger partial charge in [0.2, 0.25) is 0 Å². The van der Waals surface area contributed by atoms with Crippen molar-refractivity contribution in [1.82, 2.24) is 10.3 Å². The van der Waals surface area contributed by atoms with Gasteiger partial charge in [-0.2, -0.15) is 0 Å². The van der Waals surface area contributed by atoms with Gasteiger partial charge in [0, 0.05) is 93.6 Å². The Morgan fingerprint density at radius 1 is 0.591 bits per heavy atom. The van der Waals surface area contributed by atoms with E-state index in [4.69, 9.17) is 74.8 Å². The number of nitrogens with zero attached hydrogens (tertiary/aromatic N) is 4. The molecule has 2 unspecified atom stereocenters. The summed E-state index contributed by atoms with van der Waals surface area (Å²) in [4.78, 5) is 52.4. The average Bonchev–Trinajstić information content (AvgIpc) is 1.67. The van der Waals surface area contributed by atoms with E-state index >= 15 is 0 Å². The molecule has 4 saturated carbocycles. The highest BCUT2D eigenvalue weighted by molar-refractivity contribution is 7.92. The summed E-state index contributed by atoms with van der Waals surface area (Å²) < 4.78 is 79.5. The number of carbonyl (C=O) groups excluding carboxylic acids is 3. The number of hydrogen-bond donors (Lipinski definition) is 2. The number of fused-ring (bicyclic) bond motifs is 4. The van der Waals surface area contributed by atoms with Gasteiger partial charge in [-0.1, -0.05) is 83.7 Å². The summed E-state index contributed by atoms with van der Waals surface area (Å²) in [5.41, 5.74) is 7.12. The average molecular weight is 1400 g/mol. The number of anilines is 2. The lowest BCUT2D eigenvalue weighted by Crippen LogP contribution is -2.38. The van der Waals surface area contributed by atoms with Crippen molar-refractivity contribution < 1.29 is 69.5 Å². The van der Waals surface area contributed by atoms with Crippen LogP contribution in [-0.4, -0.2) is 133 Å². The Kier molecular flexibility index (Phi) is 23.4. The zero-order valence-electron chi connectivity index (χ0n) is 50.3. The van der Waals surface area contributed by atoms with Gasteiger partial charge in [-0.3, -0.25) is 19.2 Å². The van der Waals surface area contributed by atoms with Crippen molar-refractivity contribution in [3.05, 3.63) is 139 Å². The van der Waals surface area contributed by atoms with E-state index in [2.05, 4.69) is 20.1 Å². The maximum absolute atomic E-state index is 12.8. The van der Waals surface area contributed by atoms with Crippen molar-refractivity contribution in [3.63, 3.8) is 0 Å². The molecule has 8 atom stereocenters. The van der Waals surface area contributed by atoms with Crippen LogP contribution >= 0.6 is 46.4 Å². The highest BCUT2D eigenvalue weighted by Gasteiger charge is 2.47. The molecule has 4 heterocycles. The van der Waals surface area contributed by atoms with Gasteiger partial charge in [0.25, 0.3) is 0 Å². The van der Waals surface area contributed by atoms with Gasteiger partial charge in [-0.05, 0) is 151 Å². The number of aromatic nitrogens is 2. The third-order valence-electron chi connectivity index (χ3n) is 18.1. The van der Waals surface area contributed by atoms with Crippen LogP contribution in [0.15, 0.2) is 94.0 Å². The summed E-state index contributed by atoms with van der Waals surface area (Å²) in [5, 5.41) is 28.8. The minimum atomic E-state index is -3.76. The van der Waals surface area contributed by atoms with Crippen LogP contribution in [0, 0.1) is 11.8 Å². The summed E-state index contributed by atoms with van der Waals surface area (Å²) in [5.74, 6) is -1.40. The number of benzene rings is 4. The van der Waals surface area contributed by atoms with Gasteiger partial charge < -0.3 is 43.3 Å². The monoisotopic (exact) mass is 1400 g/mol. The fraction of sp³-hybridized carbons (Fsp3) is 0.500. The molecule has 502 valence electrons. The van der Waals surface area contributed by atoms with E-state index in [0.29, 0.717) is 96.7 Å². The summed E-state index contributed by atoms with van der Waals surface area (Å²) in [6.45, 7) is 5.46. The number of carboxylic acids is 1. The van der Waals surface area contributed by atoms with E-state index in [1.807, 2.05) is 30.3 Å². The molecule has 6 aromatic rings. The Bertz CT molecular complexity index is 3850. The highest BCUT2D eigenvalue weighted by atomic mass is 35.5. The van der Waals surface area contributed by atoms with E-state index in [1.54, 1.807) is 54.6 Å². The molecule has 0 spiro atoms. The largest absolute Gasteiger partial charge is 0.481 e.